The van der Waals surface area contributed by atoms with E-state index in [-0.39, 0.29) is 12.3 Å². The van der Waals surface area contributed by atoms with E-state index in [0.717, 1.165) is 16.9 Å². The molecule has 1 saturated carbocycles. The third-order valence-corrected chi connectivity index (χ3v) is 6.13. The maximum absolute atomic E-state index is 13.1. The van der Waals surface area contributed by atoms with Crippen molar-refractivity contribution in [3.63, 3.8) is 0 Å². The number of Topliss-reactive ketones (excluding diaryl/α,β-unsaturated/α-hetero) is 1. The smallest absolute Gasteiger partial charge is 0.261 e. The van der Waals surface area contributed by atoms with Crippen LogP contribution in [0.3, 0.4) is 0 Å². The molecular formula is C20H15Cl2NO3. The molecule has 0 bridgehead atoms. The number of hydrogen-bond donors (Lipinski definition) is 0. The van der Waals surface area contributed by atoms with Crippen LogP contribution in [-0.2, 0) is 10.2 Å². The molecule has 1 aliphatic carbocycles. The first-order valence-corrected chi connectivity index (χ1v) is 9.14. The van der Waals surface area contributed by atoms with Crippen LogP contribution in [0, 0.1) is 0 Å². The lowest BCUT2D eigenvalue weighted by Crippen LogP contribution is -2.48. The number of rotatable bonds is 4. The highest BCUT2D eigenvalue weighted by Gasteiger charge is 2.47. The van der Waals surface area contributed by atoms with E-state index in [0.29, 0.717) is 34.0 Å². The summed E-state index contributed by atoms with van der Waals surface area (Å²) in [4.78, 5) is 39.2. The minimum Gasteiger partial charge on any atom is -0.297 e. The fourth-order valence-electron chi connectivity index (χ4n) is 3.73. The van der Waals surface area contributed by atoms with E-state index in [4.69, 9.17) is 23.2 Å². The van der Waals surface area contributed by atoms with E-state index in [1.165, 1.54) is 0 Å². The fraction of sp³-hybridized carbons (Fsp3) is 0.250. The van der Waals surface area contributed by atoms with Gasteiger partial charge in [0.15, 0.2) is 5.78 Å². The lowest BCUT2D eigenvalue weighted by atomic mass is 9.62. The summed E-state index contributed by atoms with van der Waals surface area (Å²) in [6, 6.07) is 11.8. The third kappa shape index (κ3) is 2.48. The SMILES string of the molecule is O=C1c2ccccc2C(=O)N1CC(=O)C1(c2ccc(Cl)c(Cl)c2)CCC1. The van der Waals surface area contributed by atoms with Crippen molar-refractivity contribution in [3.8, 4) is 0 Å². The summed E-state index contributed by atoms with van der Waals surface area (Å²) in [6.45, 7) is -0.230. The number of amides is 2. The van der Waals surface area contributed by atoms with Gasteiger partial charge in [-0.15, -0.1) is 0 Å². The molecule has 1 fully saturated rings. The number of carbonyl (C=O) groups excluding carboxylic acids is 3. The first kappa shape index (κ1) is 17.3. The Balaban J connectivity index is 1.62. The summed E-state index contributed by atoms with van der Waals surface area (Å²) in [5, 5.41) is 0.821. The lowest BCUT2D eigenvalue weighted by molar-refractivity contribution is -0.128. The number of hydrogen-bond acceptors (Lipinski definition) is 3. The molecule has 0 saturated heterocycles. The van der Waals surface area contributed by atoms with Gasteiger partial charge in [-0.1, -0.05) is 47.8 Å². The Morgan fingerprint density at radius 2 is 1.58 bits per heavy atom. The monoisotopic (exact) mass is 387 g/mol. The zero-order valence-corrected chi connectivity index (χ0v) is 15.3. The van der Waals surface area contributed by atoms with Gasteiger partial charge in [0.25, 0.3) is 11.8 Å². The zero-order valence-electron chi connectivity index (χ0n) is 13.8. The first-order valence-electron chi connectivity index (χ1n) is 8.38. The Bertz CT molecular complexity index is 915. The number of nitrogens with zero attached hydrogens (tertiary/aromatic N) is 1. The van der Waals surface area contributed by atoms with Gasteiger partial charge in [-0.05, 0) is 42.7 Å². The summed E-state index contributed by atoms with van der Waals surface area (Å²) >= 11 is 12.1. The highest BCUT2D eigenvalue weighted by atomic mass is 35.5. The minimum atomic E-state index is -0.705. The molecule has 0 atom stereocenters. The van der Waals surface area contributed by atoms with Crippen molar-refractivity contribution >= 4 is 40.8 Å². The summed E-state index contributed by atoms with van der Waals surface area (Å²) < 4.78 is 0. The molecule has 0 spiro atoms. The van der Waals surface area contributed by atoms with E-state index in [1.807, 2.05) is 0 Å². The molecule has 26 heavy (non-hydrogen) atoms. The predicted molar refractivity (Wildman–Crippen MR) is 98.8 cm³/mol. The van der Waals surface area contributed by atoms with Crippen LogP contribution in [-0.4, -0.2) is 29.0 Å². The molecular weight excluding hydrogens is 373 g/mol. The van der Waals surface area contributed by atoms with E-state index in [9.17, 15) is 14.4 Å². The molecule has 0 radical (unpaired) electrons. The molecule has 132 valence electrons. The average molecular weight is 388 g/mol. The van der Waals surface area contributed by atoms with Crippen LogP contribution in [0.5, 0.6) is 0 Å². The first-order chi connectivity index (χ1) is 12.4. The zero-order chi connectivity index (χ0) is 18.5. The van der Waals surface area contributed by atoms with Crippen LogP contribution in [0.25, 0.3) is 0 Å². The van der Waals surface area contributed by atoms with Crippen LogP contribution in [0.1, 0.15) is 45.5 Å². The van der Waals surface area contributed by atoms with E-state index in [1.54, 1.807) is 42.5 Å². The van der Waals surface area contributed by atoms with E-state index in [2.05, 4.69) is 0 Å². The van der Waals surface area contributed by atoms with Gasteiger partial charge in [0.1, 0.15) is 0 Å². The van der Waals surface area contributed by atoms with Crippen molar-refractivity contribution < 1.29 is 14.4 Å². The van der Waals surface area contributed by atoms with Gasteiger partial charge in [-0.2, -0.15) is 0 Å². The second-order valence-corrected chi connectivity index (χ2v) is 7.54. The molecule has 1 aliphatic heterocycles. The van der Waals surface area contributed by atoms with Crippen LogP contribution in [0.2, 0.25) is 10.0 Å². The van der Waals surface area contributed by atoms with Crippen LogP contribution >= 0.6 is 23.2 Å². The Morgan fingerprint density at radius 3 is 2.08 bits per heavy atom. The fourth-order valence-corrected chi connectivity index (χ4v) is 4.03. The standard InChI is InChI=1S/C20H15Cl2NO3/c21-15-7-6-12(10-16(15)22)20(8-3-9-20)17(24)11-23-18(25)13-4-1-2-5-14(13)19(23)26/h1-2,4-7,10H,3,8-9,11H2. The molecule has 4 nitrogen and oxygen atoms in total. The Hall–Kier alpha value is -2.17. The number of imide groups is 1. The highest BCUT2D eigenvalue weighted by Crippen LogP contribution is 2.46. The quantitative estimate of drug-likeness (QED) is 0.735. The van der Waals surface area contributed by atoms with Gasteiger partial charge in [0.2, 0.25) is 0 Å². The van der Waals surface area contributed by atoms with Crippen molar-refractivity contribution in [1.29, 1.82) is 0 Å². The number of ketones is 1. The molecule has 2 aliphatic rings. The van der Waals surface area contributed by atoms with Gasteiger partial charge >= 0.3 is 0 Å². The van der Waals surface area contributed by atoms with E-state index < -0.39 is 17.2 Å². The van der Waals surface area contributed by atoms with Crippen LogP contribution in [0.15, 0.2) is 42.5 Å². The molecule has 0 N–H and O–H groups in total. The number of benzene rings is 2. The molecule has 4 rings (SSSR count). The number of carbonyl (C=O) groups is 3. The summed E-state index contributed by atoms with van der Waals surface area (Å²) in [7, 11) is 0. The number of halogens is 2. The van der Waals surface area contributed by atoms with Crippen LogP contribution in [0.4, 0.5) is 0 Å². The summed E-state index contributed by atoms with van der Waals surface area (Å²) in [5.74, 6) is -0.971. The van der Waals surface area contributed by atoms with Crippen molar-refractivity contribution in [3.05, 3.63) is 69.2 Å². The molecule has 1 heterocycles. The third-order valence-electron chi connectivity index (χ3n) is 5.39. The van der Waals surface area contributed by atoms with Crippen molar-refractivity contribution in [1.82, 2.24) is 4.90 Å². The molecule has 2 aromatic rings. The maximum atomic E-state index is 13.1. The second kappa shape index (κ2) is 6.22. The Labute approximate surface area is 160 Å². The maximum Gasteiger partial charge on any atom is 0.261 e. The summed E-state index contributed by atoms with van der Waals surface area (Å²) in [6.07, 6.45) is 2.26. The minimum absolute atomic E-state index is 0.142. The van der Waals surface area contributed by atoms with Gasteiger partial charge in [-0.3, -0.25) is 19.3 Å². The molecule has 2 aromatic carbocycles. The number of fused-ring (bicyclic) bond motifs is 1. The normalized spacial score (nSPS) is 17.8. The van der Waals surface area contributed by atoms with Gasteiger partial charge in [-0.25, -0.2) is 0 Å². The molecule has 2 amide bonds. The Morgan fingerprint density at radius 1 is 0.962 bits per heavy atom. The molecule has 6 heteroatoms. The van der Waals surface area contributed by atoms with Gasteiger partial charge < -0.3 is 0 Å². The van der Waals surface area contributed by atoms with Crippen molar-refractivity contribution in [2.75, 3.05) is 6.54 Å². The topological polar surface area (TPSA) is 54.5 Å². The van der Waals surface area contributed by atoms with Gasteiger partial charge in [0, 0.05) is 0 Å². The predicted octanol–water partition coefficient (Wildman–Crippen LogP) is 4.28. The van der Waals surface area contributed by atoms with Crippen molar-refractivity contribution in [2.45, 2.75) is 24.7 Å². The Kier molecular flexibility index (Phi) is 4.13. The lowest BCUT2D eigenvalue weighted by Gasteiger charge is -2.41. The van der Waals surface area contributed by atoms with Crippen LogP contribution < -0.4 is 0 Å². The molecule has 0 aromatic heterocycles. The average Bonchev–Trinajstić information content (AvgIpc) is 2.82. The second-order valence-electron chi connectivity index (χ2n) is 6.73. The van der Waals surface area contributed by atoms with Gasteiger partial charge in [0.05, 0.1) is 33.1 Å². The largest absolute Gasteiger partial charge is 0.297 e. The summed E-state index contributed by atoms with van der Waals surface area (Å²) in [5.41, 5.74) is 0.786. The van der Waals surface area contributed by atoms with E-state index >= 15 is 0 Å². The van der Waals surface area contributed by atoms with Crippen molar-refractivity contribution in [2.24, 2.45) is 0 Å². The highest BCUT2D eigenvalue weighted by molar-refractivity contribution is 6.42. The molecule has 0 unspecified atom stereocenters.